The third kappa shape index (κ3) is 5.39. The number of carbonyl (C=O) groups excluding carboxylic acids is 2. The van der Waals surface area contributed by atoms with Crippen LogP contribution in [0.15, 0.2) is 40.5 Å². The van der Waals surface area contributed by atoms with Crippen LogP contribution in [0.2, 0.25) is 5.02 Å². The standard InChI is InChI=1S/C20H24ClNO6S/c1-11-16(19(25)27-2)17(13-6-4-5-7-14(13)21)18(20(26)28-3)15(22-11)10-29-9-12(24)8-23/h4-7,12,16-17,23-24H,8-10H2,1-3H3. The van der Waals surface area contributed by atoms with Gasteiger partial charge in [-0.2, -0.15) is 11.8 Å². The molecule has 0 fully saturated rings. The van der Waals surface area contributed by atoms with Crippen LogP contribution in [-0.2, 0) is 19.1 Å². The zero-order valence-electron chi connectivity index (χ0n) is 16.4. The minimum Gasteiger partial charge on any atom is -0.468 e. The molecule has 0 spiro atoms. The van der Waals surface area contributed by atoms with Gasteiger partial charge in [-0.25, -0.2) is 4.79 Å². The van der Waals surface area contributed by atoms with Gasteiger partial charge in [-0.15, -0.1) is 0 Å². The highest BCUT2D eigenvalue weighted by Gasteiger charge is 2.43. The topological polar surface area (TPSA) is 105 Å². The van der Waals surface area contributed by atoms with Gasteiger partial charge >= 0.3 is 11.9 Å². The van der Waals surface area contributed by atoms with Gasteiger partial charge in [0.05, 0.1) is 38.2 Å². The predicted octanol–water partition coefficient (Wildman–Crippen LogP) is 2.20. The Labute approximate surface area is 178 Å². The first-order valence-electron chi connectivity index (χ1n) is 8.91. The zero-order valence-corrected chi connectivity index (χ0v) is 18.0. The summed E-state index contributed by atoms with van der Waals surface area (Å²) >= 11 is 7.72. The van der Waals surface area contributed by atoms with Crippen LogP contribution in [0.3, 0.4) is 0 Å². The van der Waals surface area contributed by atoms with Crippen molar-refractivity contribution in [3.8, 4) is 0 Å². The second kappa shape index (κ2) is 10.8. The van der Waals surface area contributed by atoms with Crippen LogP contribution in [0.25, 0.3) is 0 Å². The lowest BCUT2D eigenvalue weighted by molar-refractivity contribution is -0.143. The summed E-state index contributed by atoms with van der Waals surface area (Å²) < 4.78 is 9.97. The quantitative estimate of drug-likeness (QED) is 0.595. The maximum absolute atomic E-state index is 12.7. The van der Waals surface area contributed by atoms with Crippen molar-refractivity contribution in [3.63, 3.8) is 0 Å². The molecule has 29 heavy (non-hydrogen) atoms. The molecule has 9 heteroatoms. The van der Waals surface area contributed by atoms with Crippen molar-refractivity contribution >= 4 is 41.0 Å². The first kappa shape index (κ1) is 23.4. The van der Waals surface area contributed by atoms with Crippen LogP contribution in [0.5, 0.6) is 0 Å². The van der Waals surface area contributed by atoms with E-state index in [0.29, 0.717) is 22.0 Å². The summed E-state index contributed by atoms with van der Waals surface area (Å²) in [6, 6.07) is 6.98. The monoisotopic (exact) mass is 441 g/mol. The third-order valence-electron chi connectivity index (χ3n) is 4.58. The molecule has 1 aliphatic rings. The van der Waals surface area contributed by atoms with Gasteiger partial charge in [-0.3, -0.25) is 9.79 Å². The van der Waals surface area contributed by atoms with E-state index in [9.17, 15) is 14.7 Å². The van der Waals surface area contributed by atoms with Gasteiger partial charge in [0.2, 0.25) is 0 Å². The van der Waals surface area contributed by atoms with Crippen LogP contribution in [-0.4, -0.2) is 66.3 Å². The molecule has 0 bridgehead atoms. The molecular weight excluding hydrogens is 418 g/mol. The molecule has 1 heterocycles. The number of halogens is 1. The van der Waals surface area contributed by atoms with Gasteiger partial charge in [0.1, 0.15) is 5.92 Å². The number of aliphatic hydroxyl groups is 2. The number of rotatable bonds is 8. The molecule has 2 N–H and O–H groups in total. The third-order valence-corrected chi connectivity index (χ3v) is 6.02. The number of methoxy groups -OCH3 is 2. The molecule has 0 aliphatic carbocycles. The Kier molecular flexibility index (Phi) is 8.70. The molecule has 3 atom stereocenters. The Bertz CT molecular complexity index is 825. The lowest BCUT2D eigenvalue weighted by Gasteiger charge is -2.32. The molecule has 0 radical (unpaired) electrons. The molecule has 2 rings (SSSR count). The van der Waals surface area contributed by atoms with Crippen molar-refractivity contribution in [3.05, 3.63) is 46.1 Å². The Morgan fingerprint density at radius 3 is 2.55 bits per heavy atom. The fourth-order valence-corrected chi connectivity index (χ4v) is 4.40. The number of ether oxygens (including phenoxy) is 2. The summed E-state index contributed by atoms with van der Waals surface area (Å²) in [5.74, 6) is -2.14. The second-order valence-corrected chi connectivity index (χ2v) is 7.89. The maximum Gasteiger partial charge on any atom is 0.336 e. The molecule has 1 aromatic rings. The summed E-state index contributed by atoms with van der Waals surface area (Å²) in [4.78, 5) is 29.8. The Hall–Kier alpha value is -1.87. The van der Waals surface area contributed by atoms with Gasteiger partial charge in [-0.1, -0.05) is 29.8 Å². The minimum atomic E-state index is -0.877. The Morgan fingerprint density at radius 1 is 1.28 bits per heavy atom. The van der Waals surface area contributed by atoms with Crippen LogP contribution in [0.1, 0.15) is 18.4 Å². The smallest absolute Gasteiger partial charge is 0.336 e. The van der Waals surface area contributed by atoms with E-state index < -0.39 is 29.9 Å². The zero-order chi connectivity index (χ0) is 21.6. The van der Waals surface area contributed by atoms with E-state index in [1.807, 2.05) is 0 Å². The number of nitrogens with zero attached hydrogens (tertiary/aromatic N) is 1. The second-order valence-electron chi connectivity index (χ2n) is 6.46. The normalized spacial score (nSPS) is 20.1. The summed E-state index contributed by atoms with van der Waals surface area (Å²) in [5.41, 5.74) is 1.76. The van der Waals surface area contributed by atoms with Crippen LogP contribution < -0.4 is 0 Å². The van der Waals surface area contributed by atoms with E-state index in [1.165, 1.54) is 26.0 Å². The van der Waals surface area contributed by atoms with Crippen molar-refractivity contribution in [1.29, 1.82) is 0 Å². The number of esters is 2. The first-order valence-corrected chi connectivity index (χ1v) is 10.4. The maximum atomic E-state index is 12.7. The molecule has 7 nitrogen and oxygen atoms in total. The number of hydrogen-bond donors (Lipinski definition) is 2. The van der Waals surface area contributed by atoms with Gasteiger partial charge in [0, 0.05) is 28.2 Å². The summed E-state index contributed by atoms with van der Waals surface area (Å²) in [6.45, 7) is 1.34. The van der Waals surface area contributed by atoms with Crippen molar-refractivity contribution in [2.45, 2.75) is 18.9 Å². The van der Waals surface area contributed by atoms with Crippen molar-refractivity contribution in [1.82, 2.24) is 0 Å². The molecule has 1 aliphatic heterocycles. The van der Waals surface area contributed by atoms with E-state index in [-0.39, 0.29) is 23.7 Å². The molecule has 158 valence electrons. The Balaban J connectivity index is 2.59. The molecule has 3 unspecified atom stereocenters. The Morgan fingerprint density at radius 2 is 1.97 bits per heavy atom. The lowest BCUT2D eigenvalue weighted by atomic mass is 9.75. The average molecular weight is 442 g/mol. The SMILES string of the molecule is COC(=O)C1=C(CSCC(O)CO)N=C(C)C(C(=O)OC)C1c1ccccc1Cl. The number of aliphatic hydroxyl groups excluding tert-OH is 2. The van der Waals surface area contributed by atoms with E-state index >= 15 is 0 Å². The summed E-state index contributed by atoms with van der Waals surface area (Å²) in [5, 5.41) is 19.0. The highest BCUT2D eigenvalue weighted by molar-refractivity contribution is 7.99. The highest BCUT2D eigenvalue weighted by atomic mass is 35.5. The van der Waals surface area contributed by atoms with Crippen molar-refractivity contribution in [2.75, 3.05) is 32.3 Å². The number of thioether (sulfide) groups is 1. The van der Waals surface area contributed by atoms with Crippen molar-refractivity contribution in [2.24, 2.45) is 10.9 Å². The number of aliphatic imine (C=N–C) groups is 1. The van der Waals surface area contributed by atoms with E-state index in [1.54, 1.807) is 31.2 Å². The fraction of sp³-hybridized carbons (Fsp3) is 0.450. The fourth-order valence-electron chi connectivity index (χ4n) is 3.24. The van der Waals surface area contributed by atoms with Crippen LogP contribution in [0.4, 0.5) is 0 Å². The minimum absolute atomic E-state index is 0.229. The van der Waals surface area contributed by atoms with Crippen LogP contribution in [0, 0.1) is 5.92 Å². The molecular formula is C20H24ClNO6S. The molecule has 1 aromatic carbocycles. The molecule has 0 saturated heterocycles. The van der Waals surface area contributed by atoms with Crippen molar-refractivity contribution < 1.29 is 29.3 Å². The van der Waals surface area contributed by atoms with Crippen LogP contribution >= 0.6 is 23.4 Å². The largest absolute Gasteiger partial charge is 0.468 e. The number of hydrogen-bond acceptors (Lipinski definition) is 8. The number of benzene rings is 1. The van der Waals surface area contributed by atoms with Gasteiger partial charge < -0.3 is 19.7 Å². The summed E-state index contributed by atoms with van der Waals surface area (Å²) in [6.07, 6.45) is -0.877. The highest BCUT2D eigenvalue weighted by Crippen LogP contribution is 2.43. The summed E-state index contributed by atoms with van der Waals surface area (Å²) in [7, 11) is 2.54. The van der Waals surface area contributed by atoms with E-state index in [2.05, 4.69) is 4.99 Å². The predicted molar refractivity (Wildman–Crippen MR) is 112 cm³/mol. The van der Waals surface area contributed by atoms with Gasteiger partial charge in [-0.05, 0) is 18.6 Å². The molecule has 0 aromatic heterocycles. The van der Waals surface area contributed by atoms with Gasteiger partial charge in [0.25, 0.3) is 0 Å². The lowest BCUT2D eigenvalue weighted by Crippen LogP contribution is -2.36. The average Bonchev–Trinajstić information content (AvgIpc) is 2.72. The van der Waals surface area contributed by atoms with Gasteiger partial charge in [0.15, 0.2) is 0 Å². The van der Waals surface area contributed by atoms with E-state index in [4.69, 9.17) is 26.2 Å². The first-order chi connectivity index (χ1) is 13.8. The molecule has 0 saturated carbocycles. The van der Waals surface area contributed by atoms with E-state index in [0.717, 1.165) is 0 Å². The molecule has 0 amide bonds. The number of carbonyl (C=O) groups is 2.